The third-order valence-corrected chi connectivity index (χ3v) is 4.86. The van der Waals surface area contributed by atoms with Crippen LogP contribution in [0.4, 0.5) is 0 Å². The van der Waals surface area contributed by atoms with E-state index in [1.165, 1.54) is 11.2 Å². The predicted octanol–water partition coefficient (Wildman–Crippen LogP) is 3.44. The van der Waals surface area contributed by atoms with Crippen LogP contribution in [0.3, 0.4) is 0 Å². The Bertz CT molecular complexity index is 914. The molecule has 3 rings (SSSR count). The van der Waals surface area contributed by atoms with E-state index >= 15 is 0 Å². The van der Waals surface area contributed by atoms with Crippen LogP contribution in [0.25, 0.3) is 5.76 Å². The Balaban J connectivity index is 1.97. The van der Waals surface area contributed by atoms with Gasteiger partial charge in [0.25, 0.3) is 11.7 Å². The van der Waals surface area contributed by atoms with Gasteiger partial charge in [-0.2, -0.15) is 0 Å². The summed E-state index contributed by atoms with van der Waals surface area (Å²) in [6.45, 7) is 5.00. The number of ketones is 1. The number of benzene rings is 1. The molecule has 1 N–H and O–H groups in total. The van der Waals surface area contributed by atoms with Gasteiger partial charge in [0.1, 0.15) is 23.3 Å². The molecule has 0 saturated carbocycles. The monoisotopic (exact) mass is 412 g/mol. The number of carbonyl (C=O) groups is 2. The van der Waals surface area contributed by atoms with Crippen molar-refractivity contribution >= 4 is 17.4 Å². The Morgan fingerprint density at radius 2 is 1.90 bits per heavy atom. The highest BCUT2D eigenvalue weighted by Crippen LogP contribution is 2.39. The van der Waals surface area contributed by atoms with Gasteiger partial charge < -0.3 is 24.1 Å². The lowest BCUT2D eigenvalue weighted by molar-refractivity contribution is -0.140. The van der Waals surface area contributed by atoms with Crippen LogP contribution in [0.15, 0.2) is 52.7 Å². The lowest BCUT2D eigenvalue weighted by Crippen LogP contribution is -2.32. The van der Waals surface area contributed by atoms with E-state index in [2.05, 4.69) is 0 Å². The van der Waals surface area contributed by atoms with Crippen molar-refractivity contribution in [2.75, 3.05) is 27.2 Å². The second kappa shape index (κ2) is 9.17. The van der Waals surface area contributed by atoms with Crippen LogP contribution in [0, 0.1) is 0 Å². The number of aliphatic hydroxyl groups excluding tert-OH is 1. The second-order valence-corrected chi connectivity index (χ2v) is 7.86. The van der Waals surface area contributed by atoms with Crippen molar-refractivity contribution in [2.24, 2.45) is 0 Å². The molecule has 7 heteroatoms. The number of rotatable bonds is 8. The summed E-state index contributed by atoms with van der Waals surface area (Å²) in [5.41, 5.74) is 0.478. The molecule has 1 atom stereocenters. The van der Waals surface area contributed by atoms with Crippen molar-refractivity contribution in [3.05, 3.63) is 59.6 Å². The number of nitrogens with zero attached hydrogens (tertiary/aromatic N) is 2. The van der Waals surface area contributed by atoms with Gasteiger partial charge in [-0.3, -0.25) is 9.59 Å². The van der Waals surface area contributed by atoms with Gasteiger partial charge in [-0.05, 0) is 77.3 Å². The summed E-state index contributed by atoms with van der Waals surface area (Å²) < 4.78 is 11.2. The number of ether oxygens (including phenoxy) is 1. The van der Waals surface area contributed by atoms with Gasteiger partial charge in [0, 0.05) is 12.1 Å². The van der Waals surface area contributed by atoms with Gasteiger partial charge >= 0.3 is 0 Å². The normalized spacial score (nSPS) is 18.6. The van der Waals surface area contributed by atoms with E-state index in [0.29, 0.717) is 30.0 Å². The second-order valence-electron chi connectivity index (χ2n) is 7.86. The minimum atomic E-state index is -0.756. The average Bonchev–Trinajstić information content (AvgIpc) is 3.30. The first-order valence-corrected chi connectivity index (χ1v) is 10.0. The van der Waals surface area contributed by atoms with E-state index < -0.39 is 17.7 Å². The van der Waals surface area contributed by atoms with Gasteiger partial charge in [-0.1, -0.05) is 0 Å². The number of Topliss-reactive ketones (excluding diaryl/α,β-unsaturated/α-hetero) is 1. The van der Waals surface area contributed by atoms with Gasteiger partial charge in [-0.25, -0.2) is 0 Å². The Hall–Kier alpha value is -3.06. The smallest absolute Gasteiger partial charge is 0.295 e. The molecule has 2 heterocycles. The van der Waals surface area contributed by atoms with Crippen LogP contribution in [0.1, 0.15) is 37.6 Å². The molecule has 1 fully saturated rings. The lowest BCUT2D eigenvalue weighted by atomic mass is 9.99. The molecule has 1 aliphatic rings. The lowest BCUT2D eigenvalue weighted by Gasteiger charge is -2.24. The zero-order chi connectivity index (χ0) is 21.8. The number of carbonyl (C=O) groups excluding carboxylic acids is 2. The minimum absolute atomic E-state index is 0.0240. The first-order chi connectivity index (χ1) is 14.3. The van der Waals surface area contributed by atoms with Crippen molar-refractivity contribution < 1.29 is 23.8 Å². The van der Waals surface area contributed by atoms with Gasteiger partial charge in [0.05, 0.1) is 17.9 Å². The topological polar surface area (TPSA) is 83.2 Å². The number of hydrogen-bond acceptors (Lipinski definition) is 6. The fraction of sp³-hybridized carbons (Fsp3) is 0.391. The van der Waals surface area contributed by atoms with Gasteiger partial charge in [0.15, 0.2) is 0 Å². The molecule has 0 unspecified atom stereocenters. The molecule has 0 bridgehead atoms. The van der Waals surface area contributed by atoms with Crippen molar-refractivity contribution in [2.45, 2.75) is 32.4 Å². The van der Waals surface area contributed by atoms with Crippen molar-refractivity contribution in [1.82, 2.24) is 9.80 Å². The van der Waals surface area contributed by atoms with Crippen molar-refractivity contribution in [3.63, 3.8) is 0 Å². The highest BCUT2D eigenvalue weighted by molar-refractivity contribution is 6.46. The number of likely N-dealkylation sites (tertiary alicyclic amines) is 1. The van der Waals surface area contributed by atoms with E-state index in [1.54, 1.807) is 36.4 Å². The zero-order valence-electron chi connectivity index (χ0n) is 17.8. The molecule has 1 aliphatic heterocycles. The van der Waals surface area contributed by atoms with Crippen LogP contribution in [0.5, 0.6) is 5.75 Å². The molecule has 0 radical (unpaired) electrons. The molecule has 30 heavy (non-hydrogen) atoms. The highest BCUT2D eigenvalue weighted by Gasteiger charge is 2.47. The number of hydrogen-bond donors (Lipinski definition) is 1. The fourth-order valence-electron chi connectivity index (χ4n) is 3.53. The predicted molar refractivity (Wildman–Crippen MR) is 113 cm³/mol. The molecule has 7 nitrogen and oxygen atoms in total. The summed E-state index contributed by atoms with van der Waals surface area (Å²) in [4.78, 5) is 29.1. The third kappa shape index (κ3) is 4.57. The van der Waals surface area contributed by atoms with E-state index in [0.717, 1.165) is 6.54 Å². The SMILES string of the molecule is CC(C)Oc1ccc(/C(O)=C2\C(=O)C(=O)N(CCCN(C)C)[C@H]2c2ccco2)cc1. The summed E-state index contributed by atoms with van der Waals surface area (Å²) in [5, 5.41) is 11.0. The van der Waals surface area contributed by atoms with Gasteiger partial charge in [0.2, 0.25) is 0 Å². The number of furan rings is 1. The number of amides is 1. The van der Waals surface area contributed by atoms with E-state index in [4.69, 9.17) is 9.15 Å². The third-order valence-electron chi connectivity index (χ3n) is 4.86. The van der Waals surface area contributed by atoms with Crippen molar-refractivity contribution in [1.29, 1.82) is 0 Å². The van der Waals surface area contributed by atoms with Crippen LogP contribution >= 0.6 is 0 Å². The maximum atomic E-state index is 12.9. The molecule has 2 aromatic rings. The molecular formula is C23H28N2O5. The highest BCUT2D eigenvalue weighted by atomic mass is 16.5. The molecule has 0 aliphatic carbocycles. The fourth-order valence-corrected chi connectivity index (χ4v) is 3.53. The molecule has 1 amide bonds. The summed E-state index contributed by atoms with van der Waals surface area (Å²) in [6, 6.07) is 9.45. The number of aliphatic hydroxyl groups is 1. The van der Waals surface area contributed by atoms with Crippen LogP contribution < -0.4 is 4.74 Å². The first kappa shape index (κ1) is 21.6. The molecule has 1 saturated heterocycles. The zero-order valence-corrected chi connectivity index (χ0v) is 17.8. The molecular weight excluding hydrogens is 384 g/mol. The standard InChI is InChI=1S/C23H28N2O5/c1-15(2)30-17-10-8-16(9-11-17)21(26)19-20(18-7-5-14-29-18)25(23(28)22(19)27)13-6-12-24(3)4/h5,7-11,14-15,20,26H,6,12-13H2,1-4H3/b21-19+/t20-/m0/s1. The molecule has 1 aromatic carbocycles. The Morgan fingerprint density at radius 3 is 2.47 bits per heavy atom. The van der Waals surface area contributed by atoms with Crippen molar-refractivity contribution in [3.8, 4) is 5.75 Å². The van der Waals surface area contributed by atoms with E-state index in [-0.39, 0.29) is 17.4 Å². The first-order valence-electron chi connectivity index (χ1n) is 10.0. The summed E-state index contributed by atoms with van der Waals surface area (Å²) in [5.74, 6) is -0.452. The maximum absolute atomic E-state index is 12.9. The molecule has 1 aromatic heterocycles. The maximum Gasteiger partial charge on any atom is 0.295 e. The summed E-state index contributed by atoms with van der Waals surface area (Å²) in [6.07, 6.45) is 2.21. The van der Waals surface area contributed by atoms with Crippen LogP contribution in [0.2, 0.25) is 0 Å². The quantitative estimate of drug-likeness (QED) is 0.406. The Kier molecular flexibility index (Phi) is 6.62. The van der Waals surface area contributed by atoms with E-state index in [1.807, 2.05) is 32.8 Å². The summed E-state index contributed by atoms with van der Waals surface area (Å²) in [7, 11) is 3.90. The summed E-state index contributed by atoms with van der Waals surface area (Å²) >= 11 is 0. The van der Waals surface area contributed by atoms with E-state index in [9.17, 15) is 14.7 Å². The molecule has 0 spiro atoms. The Labute approximate surface area is 176 Å². The largest absolute Gasteiger partial charge is 0.507 e. The minimum Gasteiger partial charge on any atom is -0.507 e. The van der Waals surface area contributed by atoms with Crippen LogP contribution in [-0.4, -0.2) is 59.9 Å². The average molecular weight is 412 g/mol. The Morgan fingerprint density at radius 1 is 1.20 bits per heavy atom. The molecule has 160 valence electrons. The van der Waals surface area contributed by atoms with Gasteiger partial charge in [-0.15, -0.1) is 0 Å². The van der Waals surface area contributed by atoms with Crippen LogP contribution in [-0.2, 0) is 9.59 Å².